The van der Waals surface area contributed by atoms with Gasteiger partial charge in [0.1, 0.15) is 11.5 Å². The van der Waals surface area contributed by atoms with Gasteiger partial charge < -0.3 is 9.47 Å². The standard InChI is InChI=1S/C14H22ClNO4S/c1-10(8-15)9-21(17,18)16-11(2)13-7-12(19-3)5-6-14(13)20-4/h5-7,10-11,16H,8-9H2,1-4H3. The number of alkyl halides is 1. The summed E-state index contributed by atoms with van der Waals surface area (Å²) in [5.74, 6) is 1.44. The van der Waals surface area contributed by atoms with Crippen molar-refractivity contribution in [2.75, 3.05) is 25.9 Å². The Labute approximate surface area is 131 Å². The van der Waals surface area contributed by atoms with Gasteiger partial charge >= 0.3 is 0 Å². The third kappa shape index (κ3) is 5.37. The van der Waals surface area contributed by atoms with E-state index in [1.807, 2.05) is 0 Å². The van der Waals surface area contributed by atoms with Crippen LogP contribution >= 0.6 is 11.6 Å². The van der Waals surface area contributed by atoms with E-state index < -0.39 is 16.1 Å². The van der Waals surface area contributed by atoms with Crippen molar-refractivity contribution in [2.45, 2.75) is 19.9 Å². The average Bonchev–Trinajstić information content (AvgIpc) is 2.45. The molecule has 1 rings (SSSR count). The summed E-state index contributed by atoms with van der Waals surface area (Å²) in [5, 5.41) is 0. The maximum absolute atomic E-state index is 12.1. The molecule has 120 valence electrons. The molecule has 0 aromatic heterocycles. The third-order valence-corrected chi connectivity index (χ3v) is 5.27. The first kappa shape index (κ1) is 18.1. The van der Waals surface area contributed by atoms with Crippen molar-refractivity contribution in [3.8, 4) is 11.5 Å². The van der Waals surface area contributed by atoms with E-state index in [-0.39, 0.29) is 11.7 Å². The van der Waals surface area contributed by atoms with Crippen LogP contribution in [0.25, 0.3) is 0 Å². The summed E-state index contributed by atoms with van der Waals surface area (Å²) in [5.41, 5.74) is 0.721. The number of nitrogens with one attached hydrogen (secondary N) is 1. The van der Waals surface area contributed by atoms with Crippen molar-refractivity contribution in [3.63, 3.8) is 0 Å². The number of rotatable bonds is 8. The monoisotopic (exact) mass is 335 g/mol. The molecule has 0 bridgehead atoms. The minimum Gasteiger partial charge on any atom is -0.497 e. The van der Waals surface area contributed by atoms with Gasteiger partial charge in [0.25, 0.3) is 0 Å². The van der Waals surface area contributed by atoms with Crippen LogP contribution in [0.4, 0.5) is 0 Å². The fourth-order valence-electron chi connectivity index (χ4n) is 1.98. The molecule has 2 atom stereocenters. The SMILES string of the molecule is COc1ccc(OC)c(C(C)NS(=O)(=O)CC(C)CCl)c1. The van der Waals surface area contributed by atoms with Crippen LogP contribution in [0.15, 0.2) is 18.2 Å². The minimum absolute atomic E-state index is 0.00682. The molecule has 5 nitrogen and oxygen atoms in total. The van der Waals surface area contributed by atoms with Crippen LogP contribution in [0.3, 0.4) is 0 Å². The number of halogens is 1. The van der Waals surface area contributed by atoms with Crippen molar-refractivity contribution in [1.82, 2.24) is 4.72 Å². The van der Waals surface area contributed by atoms with E-state index in [9.17, 15) is 8.42 Å². The summed E-state index contributed by atoms with van der Waals surface area (Å²) in [4.78, 5) is 0. The predicted molar refractivity (Wildman–Crippen MR) is 84.8 cm³/mol. The number of benzene rings is 1. The van der Waals surface area contributed by atoms with Crippen LogP contribution in [0.5, 0.6) is 11.5 Å². The van der Waals surface area contributed by atoms with Crippen LogP contribution in [-0.4, -0.2) is 34.3 Å². The van der Waals surface area contributed by atoms with E-state index in [0.29, 0.717) is 17.4 Å². The van der Waals surface area contributed by atoms with E-state index in [0.717, 1.165) is 5.56 Å². The lowest BCUT2D eigenvalue weighted by Gasteiger charge is -2.19. The fraction of sp³-hybridized carbons (Fsp3) is 0.571. The second kappa shape index (κ2) is 7.87. The van der Waals surface area contributed by atoms with Crippen LogP contribution < -0.4 is 14.2 Å². The Balaban J connectivity index is 2.95. The van der Waals surface area contributed by atoms with Crippen LogP contribution in [0, 0.1) is 5.92 Å². The lowest BCUT2D eigenvalue weighted by atomic mass is 10.1. The van der Waals surface area contributed by atoms with E-state index >= 15 is 0 Å². The molecule has 0 aliphatic rings. The van der Waals surface area contributed by atoms with Crippen molar-refractivity contribution in [2.24, 2.45) is 5.92 Å². The Kier molecular flexibility index (Phi) is 6.77. The number of ether oxygens (including phenoxy) is 2. The zero-order valence-electron chi connectivity index (χ0n) is 12.7. The molecule has 1 N–H and O–H groups in total. The van der Waals surface area contributed by atoms with Crippen molar-refractivity contribution < 1.29 is 17.9 Å². The highest BCUT2D eigenvalue weighted by Gasteiger charge is 2.21. The molecule has 0 saturated heterocycles. The number of sulfonamides is 1. The zero-order chi connectivity index (χ0) is 16.0. The van der Waals surface area contributed by atoms with E-state index in [2.05, 4.69) is 4.72 Å². The largest absolute Gasteiger partial charge is 0.497 e. The first-order valence-corrected chi connectivity index (χ1v) is 8.79. The third-order valence-electron chi connectivity index (χ3n) is 3.03. The molecular formula is C14H22ClNO4S. The molecule has 21 heavy (non-hydrogen) atoms. The van der Waals surface area contributed by atoms with E-state index in [1.165, 1.54) is 0 Å². The quantitative estimate of drug-likeness (QED) is 0.741. The Morgan fingerprint density at radius 3 is 2.43 bits per heavy atom. The van der Waals surface area contributed by atoms with Gasteiger partial charge in [-0.25, -0.2) is 13.1 Å². The second-order valence-electron chi connectivity index (χ2n) is 4.99. The Bertz CT molecular complexity index is 562. The first-order chi connectivity index (χ1) is 9.82. The summed E-state index contributed by atoms with van der Waals surface area (Å²) < 4.78 is 37.3. The normalized spacial score (nSPS) is 14.5. The van der Waals surface area contributed by atoms with Gasteiger partial charge in [0.2, 0.25) is 10.0 Å². The Morgan fingerprint density at radius 2 is 1.90 bits per heavy atom. The van der Waals surface area contributed by atoms with Crippen LogP contribution in [0.1, 0.15) is 25.5 Å². The predicted octanol–water partition coefficient (Wildman–Crippen LogP) is 2.56. The summed E-state index contributed by atoms with van der Waals surface area (Å²) in [6.45, 7) is 3.56. The highest BCUT2D eigenvalue weighted by Crippen LogP contribution is 2.29. The number of methoxy groups -OCH3 is 2. The Hall–Kier alpha value is -0.980. The molecule has 7 heteroatoms. The summed E-state index contributed by atoms with van der Waals surface area (Å²) in [6, 6.07) is 4.85. The van der Waals surface area contributed by atoms with Crippen molar-refractivity contribution in [3.05, 3.63) is 23.8 Å². The summed E-state index contributed by atoms with van der Waals surface area (Å²) >= 11 is 5.67. The molecule has 0 aliphatic carbocycles. The highest BCUT2D eigenvalue weighted by atomic mass is 35.5. The number of hydrogen-bond acceptors (Lipinski definition) is 4. The molecule has 1 aromatic rings. The average molecular weight is 336 g/mol. The van der Waals surface area contributed by atoms with Gasteiger partial charge in [-0.2, -0.15) is 0 Å². The van der Waals surface area contributed by atoms with Gasteiger partial charge in [-0.15, -0.1) is 11.6 Å². The van der Waals surface area contributed by atoms with Gasteiger partial charge in [-0.05, 0) is 31.0 Å². The summed E-state index contributed by atoms with van der Waals surface area (Å²) in [6.07, 6.45) is 0. The van der Waals surface area contributed by atoms with Gasteiger partial charge in [0.05, 0.1) is 20.0 Å². The molecule has 0 radical (unpaired) electrons. The maximum Gasteiger partial charge on any atom is 0.212 e. The minimum atomic E-state index is -3.42. The Morgan fingerprint density at radius 1 is 1.24 bits per heavy atom. The summed E-state index contributed by atoms with van der Waals surface area (Å²) in [7, 11) is -0.314. The molecule has 0 heterocycles. The maximum atomic E-state index is 12.1. The van der Waals surface area contributed by atoms with E-state index in [4.69, 9.17) is 21.1 Å². The zero-order valence-corrected chi connectivity index (χ0v) is 14.3. The lowest BCUT2D eigenvalue weighted by Crippen LogP contribution is -2.32. The lowest BCUT2D eigenvalue weighted by molar-refractivity contribution is 0.395. The molecule has 2 unspecified atom stereocenters. The molecule has 0 amide bonds. The van der Waals surface area contributed by atoms with Crippen LogP contribution in [0.2, 0.25) is 0 Å². The van der Waals surface area contributed by atoms with Gasteiger partial charge in [-0.1, -0.05) is 6.92 Å². The van der Waals surface area contributed by atoms with Crippen molar-refractivity contribution in [1.29, 1.82) is 0 Å². The van der Waals surface area contributed by atoms with Gasteiger partial charge in [0, 0.05) is 17.5 Å². The fourth-order valence-corrected chi connectivity index (χ4v) is 3.85. The smallest absolute Gasteiger partial charge is 0.212 e. The molecule has 0 spiro atoms. The van der Waals surface area contributed by atoms with Gasteiger partial charge in [-0.3, -0.25) is 0 Å². The molecule has 1 aromatic carbocycles. The molecular weight excluding hydrogens is 314 g/mol. The topological polar surface area (TPSA) is 64.6 Å². The van der Waals surface area contributed by atoms with Crippen molar-refractivity contribution >= 4 is 21.6 Å². The molecule has 0 aliphatic heterocycles. The second-order valence-corrected chi connectivity index (χ2v) is 7.10. The first-order valence-electron chi connectivity index (χ1n) is 6.60. The molecule has 0 fully saturated rings. The molecule has 0 saturated carbocycles. The highest BCUT2D eigenvalue weighted by molar-refractivity contribution is 7.89. The van der Waals surface area contributed by atoms with Crippen LogP contribution in [-0.2, 0) is 10.0 Å². The number of hydrogen-bond donors (Lipinski definition) is 1. The van der Waals surface area contributed by atoms with E-state index in [1.54, 1.807) is 46.3 Å². The van der Waals surface area contributed by atoms with Gasteiger partial charge in [0.15, 0.2) is 0 Å².